The summed E-state index contributed by atoms with van der Waals surface area (Å²) in [6, 6.07) is 36.6. The Morgan fingerprint density at radius 2 is 1.28 bits per heavy atom. The number of methoxy groups -OCH3 is 3. The van der Waals surface area contributed by atoms with Gasteiger partial charge in [0.1, 0.15) is 28.1 Å². The number of carbonyl (C=O) groups is 1. The molecule has 2 aliphatic rings. The van der Waals surface area contributed by atoms with Crippen LogP contribution >= 0.6 is 11.8 Å². The highest BCUT2D eigenvalue weighted by molar-refractivity contribution is 8.18. The second-order valence-corrected chi connectivity index (χ2v) is 12.4. The van der Waals surface area contributed by atoms with E-state index in [4.69, 9.17) is 19.2 Å². The molecule has 0 aromatic heterocycles. The lowest BCUT2D eigenvalue weighted by Gasteiger charge is -2.44. The summed E-state index contributed by atoms with van der Waals surface area (Å²) in [6.45, 7) is 2.74. The number of carbonyl (C=O) groups excluding carboxylic acids is 1. The number of hydrogen-bond donors (Lipinski definition) is 0. The van der Waals surface area contributed by atoms with Gasteiger partial charge in [0.05, 0.1) is 27.0 Å². The van der Waals surface area contributed by atoms with Crippen LogP contribution in [0.3, 0.4) is 0 Å². The Bertz CT molecular complexity index is 1620. The van der Waals surface area contributed by atoms with E-state index in [1.807, 2.05) is 72.8 Å². The number of para-hydroxylation sites is 1. The molecule has 0 aliphatic carbocycles. The molecular formula is C38H39N3O4S. The predicted octanol–water partition coefficient (Wildman–Crippen LogP) is 7.11. The number of hydrogen-bond acceptors (Lipinski definition) is 8. The van der Waals surface area contributed by atoms with E-state index >= 15 is 0 Å². The molecule has 4 aromatic rings. The third kappa shape index (κ3) is 6.47. The van der Waals surface area contributed by atoms with Gasteiger partial charge in [-0.2, -0.15) is 0 Å². The van der Waals surface area contributed by atoms with Crippen LogP contribution in [0.25, 0.3) is 0 Å². The predicted molar refractivity (Wildman–Crippen MR) is 184 cm³/mol. The molecule has 2 heterocycles. The average molecular weight is 634 g/mol. The molecule has 0 radical (unpaired) electrons. The maximum atomic E-state index is 14.1. The number of rotatable bonds is 10. The topological polar surface area (TPSA) is 63.6 Å². The van der Waals surface area contributed by atoms with E-state index < -0.39 is 11.6 Å². The molecule has 0 bridgehead atoms. The SMILES string of the molecule is COC(=O)C1/C(=C\Cc2ccccc2)SC(=Nc2ccccc2)C12N(Cc1ccc(OC)cc1)CCN2Cc1ccc(OC)cc1. The quantitative estimate of drug-likeness (QED) is 0.173. The third-order valence-corrected chi connectivity index (χ3v) is 9.91. The summed E-state index contributed by atoms with van der Waals surface area (Å²) in [4.78, 5) is 25.2. The van der Waals surface area contributed by atoms with E-state index in [2.05, 4.69) is 52.3 Å². The minimum Gasteiger partial charge on any atom is -0.497 e. The number of ether oxygens (including phenoxy) is 3. The minimum absolute atomic E-state index is 0.272. The monoisotopic (exact) mass is 633 g/mol. The molecule has 46 heavy (non-hydrogen) atoms. The van der Waals surface area contributed by atoms with Crippen LogP contribution in [0.15, 0.2) is 125 Å². The lowest BCUT2D eigenvalue weighted by atomic mass is 9.88. The van der Waals surface area contributed by atoms with Gasteiger partial charge in [0.25, 0.3) is 0 Å². The van der Waals surface area contributed by atoms with E-state index in [-0.39, 0.29) is 5.97 Å². The van der Waals surface area contributed by atoms with Crippen molar-refractivity contribution in [3.8, 4) is 11.5 Å². The van der Waals surface area contributed by atoms with E-state index in [0.717, 1.165) is 51.4 Å². The Morgan fingerprint density at radius 3 is 1.78 bits per heavy atom. The minimum atomic E-state index is -0.879. The van der Waals surface area contributed by atoms with Crippen molar-refractivity contribution >= 4 is 28.5 Å². The van der Waals surface area contributed by atoms with Gasteiger partial charge in [0.15, 0.2) is 0 Å². The van der Waals surface area contributed by atoms with Crippen LogP contribution in [0.1, 0.15) is 16.7 Å². The molecule has 2 saturated heterocycles. The standard InChI is InChI=1S/C38H39N3O4S/c1-43-32-19-14-29(15-20-32)26-40-24-25-41(27-30-16-21-33(44-2)22-17-30)38(40)35(36(42)45-3)34(23-18-28-10-6-4-7-11-28)46-37(38)39-31-12-8-5-9-13-31/h4-17,19-23,35H,18,24-27H2,1-3H3/b34-23+,39-37?. The summed E-state index contributed by atoms with van der Waals surface area (Å²) in [6.07, 6.45) is 2.88. The van der Waals surface area contributed by atoms with Gasteiger partial charge in [-0.25, -0.2) is 4.99 Å². The molecule has 1 spiro atoms. The molecule has 0 saturated carbocycles. The number of benzene rings is 4. The van der Waals surface area contributed by atoms with Gasteiger partial charge in [-0.3, -0.25) is 14.6 Å². The summed E-state index contributed by atoms with van der Waals surface area (Å²) in [7, 11) is 4.83. The van der Waals surface area contributed by atoms with Gasteiger partial charge < -0.3 is 14.2 Å². The van der Waals surface area contributed by atoms with Gasteiger partial charge in [0, 0.05) is 31.1 Å². The number of thioether (sulfide) groups is 1. The zero-order valence-electron chi connectivity index (χ0n) is 26.5. The zero-order chi connectivity index (χ0) is 31.9. The van der Waals surface area contributed by atoms with Crippen molar-refractivity contribution in [2.24, 2.45) is 10.9 Å². The molecule has 8 heteroatoms. The van der Waals surface area contributed by atoms with Gasteiger partial charge in [-0.1, -0.05) is 90.6 Å². The van der Waals surface area contributed by atoms with Crippen LogP contribution < -0.4 is 9.47 Å². The highest BCUT2D eigenvalue weighted by atomic mass is 32.2. The van der Waals surface area contributed by atoms with Crippen LogP contribution in [0, 0.1) is 5.92 Å². The summed E-state index contributed by atoms with van der Waals surface area (Å²) in [5, 5.41) is 0.868. The van der Waals surface area contributed by atoms with Crippen molar-refractivity contribution < 1.29 is 19.0 Å². The Balaban J connectivity index is 1.51. The lowest BCUT2D eigenvalue weighted by Crippen LogP contribution is -2.62. The maximum Gasteiger partial charge on any atom is 0.317 e. The van der Waals surface area contributed by atoms with E-state index in [0.29, 0.717) is 19.5 Å². The van der Waals surface area contributed by atoms with Gasteiger partial charge in [0.2, 0.25) is 0 Å². The molecule has 6 rings (SSSR count). The van der Waals surface area contributed by atoms with Crippen LogP contribution in [0.2, 0.25) is 0 Å². The molecule has 2 fully saturated rings. The van der Waals surface area contributed by atoms with Crippen molar-refractivity contribution in [3.63, 3.8) is 0 Å². The van der Waals surface area contributed by atoms with Crippen molar-refractivity contribution in [2.75, 3.05) is 34.4 Å². The first-order valence-electron chi connectivity index (χ1n) is 15.4. The molecule has 0 amide bonds. The van der Waals surface area contributed by atoms with Gasteiger partial charge in [-0.15, -0.1) is 0 Å². The molecule has 236 valence electrons. The lowest BCUT2D eigenvalue weighted by molar-refractivity contribution is -0.150. The van der Waals surface area contributed by atoms with E-state index in [9.17, 15) is 4.79 Å². The number of nitrogens with zero attached hydrogens (tertiary/aromatic N) is 3. The Hall–Kier alpha value is -4.37. The third-order valence-electron chi connectivity index (χ3n) is 8.69. The Labute approximate surface area is 275 Å². The van der Waals surface area contributed by atoms with Crippen molar-refractivity contribution in [3.05, 3.63) is 137 Å². The smallest absolute Gasteiger partial charge is 0.317 e. The van der Waals surface area contributed by atoms with Crippen molar-refractivity contribution in [2.45, 2.75) is 25.2 Å². The zero-order valence-corrected chi connectivity index (χ0v) is 27.3. The summed E-state index contributed by atoms with van der Waals surface area (Å²) < 4.78 is 16.5. The summed E-state index contributed by atoms with van der Waals surface area (Å²) in [5.41, 5.74) is 3.40. The van der Waals surface area contributed by atoms with Gasteiger partial charge in [-0.05, 0) is 59.5 Å². The fourth-order valence-corrected chi connectivity index (χ4v) is 7.85. The fraction of sp³-hybridized carbons (Fsp3) is 0.263. The molecule has 1 unspecified atom stereocenters. The molecule has 7 nitrogen and oxygen atoms in total. The molecule has 4 aromatic carbocycles. The van der Waals surface area contributed by atoms with Crippen molar-refractivity contribution in [1.29, 1.82) is 0 Å². The normalized spacial score (nSPS) is 19.6. The van der Waals surface area contributed by atoms with Crippen LogP contribution in [-0.2, 0) is 29.0 Å². The molecule has 1 atom stereocenters. The molecule has 2 aliphatic heterocycles. The molecular weight excluding hydrogens is 595 g/mol. The van der Waals surface area contributed by atoms with Crippen LogP contribution in [-0.4, -0.2) is 60.9 Å². The second-order valence-electron chi connectivity index (χ2n) is 11.4. The van der Waals surface area contributed by atoms with Crippen LogP contribution in [0.5, 0.6) is 11.5 Å². The fourth-order valence-electron chi connectivity index (χ4n) is 6.40. The average Bonchev–Trinajstić information content (AvgIpc) is 3.62. The summed E-state index contributed by atoms with van der Waals surface area (Å²) >= 11 is 1.60. The maximum absolute atomic E-state index is 14.1. The first-order chi connectivity index (χ1) is 22.5. The summed E-state index contributed by atoms with van der Waals surface area (Å²) in [5.74, 6) is 0.740. The Morgan fingerprint density at radius 1 is 0.761 bits per heavy atom. The largest absolute Gasteiger partial charge is 0.497 e. The molecule has 0 N–H and O–H groups in total. The number of aliphatic imine (C=N–C) groups is 1. The van der Waals surface area contributed by atoms with E-state index in [1.165, 1.54) is 12.7 Å². The first kappa shape index (κ1) is 31.6. The second kappa shape index (κ2) is 14.4. The Kier molecular flexibility index (Phi) is 9.88. The number of allylic oxidation sites excluding steroid dienone is 1. The van der Waals surface area contributed by atoms with Crippen molar-refractivity contribution in [1.82, 2.24) is 9.80 Å². The van der Waals surface area contributed by atoms with Crippen LogP contribution in [0.4, 0.5) is 5.69 Å². The highest BCUT2D eigenvalue weighted by Crippen LogP contribution is 2.54. The number of esters is 1. The van der Waals surface area contributed by atoms with Gasteiger partial charge >= 0.3 is 5.97 Å². The first-order valence-corrected chi connectivity index (χ1v) is 16.3. The highest BCUT2D eigenvalue weighted by Gasteiger charge is 2.64. The van der Waals surface area contributed by atoms with E-state index in [1.54, 1.807) is 26.0 Å².